The molecule has 1 N–H and O–H groups in total. The molecule has 0 unspecified atom stereocenters. The zero-order chi connectivity index (χ0) is 15.5. The van der Waals surface area contributed by atoms with Gasteiger partial charge in [0, 0.05) is 12.6 Å². The summed E-state index contributed by atoms with van der Waals surface area (Å²) < 4.78 is 8.22. The molecule has 0 bridgehead atoms. The van der Waals surface area contributed by atoms with Gasteiger partial charge in [-0.3, -0.25) is 9.36 Å². The van der Waals surface area contributed by atoms with E-state index in [4.69, 9.17) is 4.42 Å². The molecule has 0 spiro atoms. The van der Waals surface area contributed by atoms with E-state index in [9.17, 15) is 4.79 Å². The lowest BCUT2D eigenvalue weighted by Crippen LogP contribution is -2.27. The van der Waals surface area contributed by atoms with E-state index in [1.807, 2.05) is 16.7 Å². The number of carbonyl (C=O) groups is 1. The van der Waals surface area contributed by atoms with Gasteiger partial charge in [-0.15, -0.1) is 10.2 Å². The van der Waals surface area contributed by atoms with Crippen molar-refractivity contribution in [3.8, 4) is 11.6 Å². The minimum absolute atomic E-state index is 0.0563. The van der Waals surface area contributed by atoms with Crippen molar-refractivity contribution in [2.24, 2.45) is 0 Å². The Morgan fingerprint density at radius 3 is 2.95 bits per heavy atom. The first-order valence-electron chi connectivity index (χ1n) is 7.28. The number of thioether (sulfide) groups is 1. The van der Waals surface area contributed by atoms with E-state index in [2.05, 4.69) is 38.4 Å². The Morgan fingerprint density at radius 1 is 1.50 bits per heavy atom. The summed E-state index contributed by atoms with van der Waals surface area (Å²) in [5, 5.41) is 12.1. The fourth-order valence-corrected chi connectivity index (χ4v) is 3.15. The maximum Gasteiger partial charge on any atom is 0.230 e. The second-order valence-corrected chi connectivity index (χ2v) is 6.92. The molecule has 1 saturated carbocycles. The first-order valence-corrected chi connectivity index (χ1v) is 9.06. The predicted octanol–water partition coefficient (Wildman–Crippen LogP) is 3.08. The van der Waals surface area contributed by atoms with Gasteiger partial charge in [0.05, 0.1) is 5.75 Å². The van der Waals surface area contributed by atoms with Crippen LogP contribution >= 0.6 is 27.7 Å². The van der Waals surface area contributed by atoms with Gasteiger partial charge in [0.2, 0.25) is 11.7 Å². The van der Waals surface area contributed by atoms with Crippen LogP contribution in [0.4, 0.5) is 0 Å². The third-order valence-electron chi connectivity index (χ3n) is 3.23. The van der Waals surface area contributed by atoms with Crippen LogP contribution in [0.25, 0.3) is 11.6 Å². The monoisotopic (exact) mass is 384 g/mol. The Hall–Kier alpha value is -1.28. The van der Waals surface area contributed by atoms with E-state index in [-0.39, 0.29) is 5.91 Å². The number of carbonyl (C=O) groups excluding carboxylic acids is 1. The lowest BCUT2D eigenvalue weighted by Gasteiger charge is -2.07. The molecule has 6 nitrogen and oxygen atoms in total. The Balaban J connectivity index is 1.72. The molecule has 8 heteroatoms. The molecule has 22 heavy (non-hydrogen) atoms. The summed E-state index contributed by atoms with van der Waals surface area (Å²) in [7, 11) is 0. The molecule has 1 aliphatic rings. The number of hydrogen-bond acceptors (Lipinski definition) is 5. The highest BCUT2D eigenvalue weighted by molar-refractivity contribution is 9.10. The third-order valence-corrected chi connectivity index (χ3v) is 4.63. The number of hydrogen-bond donors (Lipinski definition) is 1. The van der Waals surface area contributed by atoms with Crippen molar-refractivity contribution in [1.29, 1.82) is 0 Å². The van der Waals surface area contributed by atoms with Crippen LogP contribution in [0.3, 0.4) is 0 Å². The maximum absolute atomic E-state index is 11.8. The van der Waals surface area contributed by atoms with E-state index in [0.29, 0.717) is 28.0 Å². The van der Waals surface area contributed by atoms with Crippen molar-refractivity contribution in [3.05, 3.63) is 16.8 Å². The molecule has 0 aromatic carbocycles. The van der Waals surface area contributed by atoms with Crippen LogP contribution in [-0.4, -0.2) is 32.5 Å². The van der Waals surface area contributed by atoms with Gasteiger partial charge in [-0.25, -0.2) is 0 Å². The highest BCUT2D eigenvalue weighted by atomic mass is 79.9. The number of rotatable bonds is 7. The molecule has 2 aromatic heterocycles. The minimum Gasteiger partial charge on any atom is -0.446 e. The topological polar surface area (TPSA) is 73.0 Å². The average molecular weight is 385 g/mol. The second kappa shape index (κ2) is 6.87. The molecule has 118 valence electrons. The molecule has 0 radical (unpaired) electrons. The molecule has 1 fully saturated rings. The molecule has 1 aliphatic carbocycles. The van der Waals surface area contributed by atoms with Crippen molar-refractivity contribution in [1.82, 2.24) is 20.1 Å². The molecule has 0 saturated heterocycles. The summed E-state index contributed by atoms with van der Waals surface area (Å²) in [6.45, 7) is 2.88. The van der Waals surface area contributed by atoms with Crippen molar-refractivity contribution >= 4 is 33.6 Å². The molecule has 1 amide bonds. The summed E-state index contributed by atoms with van der Waals surface area (Å²) in [6.07, 6.45) is 3.15. The standard InChI is InChI=1S/C14H17BrN4O2S/c1-2-7-19-13(10-5-6-11(15)21-10)17-18-14(19)22-8-12(20)16-9-3-4-9/h5-6,9H,2-4,7-8H2,1H3,(H,16,20). The van der Waals surface area contributed by atoms with E-state index >= 15 is 0 Å². The number of nitrogens with one attached hydrogen (secondary N) is 1. The summed E-state index contributed by atoms with van der Waals surface area (Å²) in [4.78, 5) is 11.8. The second-order valence-electron chi connectivity index (χ2n) is 5.19. The molecule has 3 rings (SSSR count). The smallest absolute Gasteiger partial charge is 0.230 e. The average Bonchev–Trinajstić information content (AvgIpc) is 3.05. The van der Waals surface area contributed by atoms with Gasteiger partial charge in [0.15, 0.2) is 15.6 Å². The fourth-order valence-electron chi connectivity index (χ4n) is 2.06. The van der Waals surface area contributed by atoms with Crippen LogP contribution in [0, 0.1) is 0 Å². The molecule has 2 aromatic rings. The van der Waals surface area contributed by atoms with Crippen LogP contribution in [0.15, 0.2) is 26.4 Å². The quantitative estimate of drug-likeness (QED) is 0.742. The molecule has 0 atom stereocenters. The van der Waals surface area contributed by atoms with Gasteiger partial charge in [-0.1, -0.05) is 18.7 Å². The zero-order valence-corrected chi connectivity index (χ0v) is 14.6. The van der Waals surface area contributed by atoms with Gasteiger partial charge in [0.25, 0.3) is 0 Å². The van der Waals surface area contributed by atoms with Crippen LogP contribution in [0.2, 0.25) is 0 Å². The SMILES string of the molecule is CCCn1c(SCC(=O)NC2CC2)nnc1-c1ccc(Br)o1. The maximum atomic E-state index is 11.8. The fraction of sp³-hybridized carbons (Fsp3) is 0.500. The van der Waals surface area contributed by atoms with E-state index < -0.39 is 0 Å². The number of halogens is 1. The van der Waals surface area contributed by atoms with Gasteiger partial charge >= 0.3 is 0 Å². The van der Waals surface area contributed by atoms with Crippen molar-refractivity contribution in [2.75, 3.05) is 5.75 Å². The first kappa shape index (κ1) is 15.6. The van der Waals surface area contributed by atoms with Crippen LogP contribution in [0.1, 0.15) is 26.2 Å². The third kappa shape index (κ3) is 3.73. The van der Waals surface area contributed by atoms with Gasteiger partial charge in [-0.05, 0) is 47.3 Å². The number of amides is 1. The molecule has 0 aliphatic heterocycles. The van der Waals surface area contributed by atoms with E-state index in [1.54, 1.807) is 0 Å². The van der Waals surface area contributed by atoms with Crippen molar-refractivity contribution in [3.63, 3.8) is 0 Å². The normalized spacial score (nSPS) is 14.3. The van der Waals surface area contributed by atoms with Crippen LogP contribution in [-0.2, 0) is 11.3 Å². The Morgan fingerprint density at radius 2 is 2.32 bits per heavy atom. The Kier molecular flexibility index (Phi) is 4.87. The van der Waals surface area contributed by atoms with E-state index in [1.165, 1.54) is 11.8 Å². The van der Waals surface area contributed by atoms with Gasteiger partial charge < -0.3 is 9.73 Å². The van der Waals surface area contributed by atoms with Gasteiger partial charge in [-0.2, -0.15) is 0 Å². The lowest BCUT2D eigenvalue weighted by atomic mass is 10.4. The van der Waals surface area contributed by atoms with E-state index in [0.717, 1.165) is 31.0 Å². The number of furan rings is 1. The highest BCUT2D eigenvalue weighted by Gasteiger charge is 2.24. The van der Waals surface area contributed by atoms with Crippen molar-refractivity contribution < 1.29 is 9.21 Å². The minimum atomic E-state index is 0.0563. The molecule has 2 heterocycles. The summed E-state index contributed by atoms with van der Waals surface area (Å²) in [5.41, 5.74) is 0. The Labute approximate surface area is 141 Å². The summed E-state index contributed by atoms with van der Waals surface area (Å²) in [5.74, 6) is 1.78. The first-order chi connectivity index (χ1) is 10.7. The van der Waals surface area contributed by atoms with Gasteiger partial charge in [0.1, 0.15) is 0 Å². The summed E-state index contributed by atoms with van der Waals surface area (Å²) in [6, 6.07) is 4.07. The number of aromatic nitrogens is 3. The van der Waals surface area contributed by atoms with Crippen molar-refractivity contribution in [2.45, 2.75) is 43.9 Å². The summed E-state index contributed by atoms with van der Waals surface area (Å²) >= 11 is 4.71. The molecular weight excluding hydrogens is 368 g/mol. The van der Waals surface area contributed by atoms with Crippen LogP contribution < -0.4 is 5.32 Å². The number of nitrogens with zero attached hydrogens (tertiary/aromatic N) is 3. The largest absolute Gasteiger partial charge is 0.446 e. The molecular formula is C14H17BrN4O2S. The predicted molar refractivity (Wildman–Crippen MR) is 87.6 cm³/mol. The lowest BCUT2D eigenvalue weighted by molar-refractivity contribution is -0.118. The zero-order valence-electron chi connectivity index (χ0n) is 12.2. The highest BCUT2D eigenvalue weighted by Crippen LogP contribution is 2.27. The Bertz CT molecular complexity index is 666. The van der Waals surface area contributed by atoms with Crippen LogP contribution in [0.5, 0.6) is 0 Å².